The molecule has 1 aliphatic rings. The van der Waals surface area contributed by atoms with Gasteiger partial charge in [0, 0.05) is 18.6 Å². The average molecular weight is 278 g/mol. The minimum absolute atomic E-state index is 0. The molecule has 18 heavy (non-hydrogen) atoms. The van der Waals surface area contributed by atoms with E-state index in [1.54, 1.807) is 0 Å². The first-order valence-corrected chi connectivity index (χ1v) is 6.67. The molecule has 0 saturated carbocycles. The van der Waals surface area contributed by atoms with Gasteiger partial charge in [-0.15, -0.1) is 12.4 Å². The zero-order chi connectivity index (χ0) is 13.0. The van der Waals surface area contributed by atoms with Gasteiger partial charge in [-0.1, -0.05) is 13.8 Å². The van der Waals surface area contributed by atoms with Crippen molar-refractivity contribution in [3.63, 3.8) is 0 Å². The van der Waals surface area contributed by atoms with Crippen LogP contribution in [-0.2, 0) is 4.79 Å². The predicted octanol–water partition coefficient (Wildman–Crippen LogP) is 1.24. The molecule has 5 heteroatoms. The van der Waals surface area contributed by atoms with E-state index in [9.17, 15) is 4.79 Å². The number of amides is 1. The molecule has 0 aromatic rings. The minimum atomic E-state index is 0. The molecule has 0 aliphatic carbocycles. The Morgan fingerprint density at radius 1 is 1.39 bits per heavy atom. The molecule has 4 nitrogen and oxygen atoms in total. The molecule has 0 spiro atoms. The molecule has 1 heterocycles. The first-order chi connectivity index (χ1) is 7.90. The van der Waals surface area contributed by atoms with Crippen LogP contribution < -0.4 is 11.1 Å². The summed E-state index contributed by atoms with van der Waals surface area (Å²) in [5, 5.41) is 3.04. The smallest absolute Gasteiger partial charge is 0.234 e. The number of nitrogens with two attached hydrogens (primary N) is 1. The highest BCUT2D eigenvalue weighted by Crippen LogP contribution is 2.17. The van der Waals surface area contributed by atoms with Crippen molar-refractivity contribution in [2.24, 2.45) is 17.6 Å². The van der Waals surface area contributed by atoms with E-state index in [4.69, 9.17) is 5.73 Å². The lowest BCUT2D eigenvalue weighted by Gasteiger charge is -2.21. The number of nitrogens with zero attached hydrogens (tertiary/aromatic N) is 1. The highest BCUT2D eigenvalue weighted by Gasteiger charge is 2.26. The number of rotatable bonds is 5. The van der Waals surface area contributed by atoms with Crippen LogP contribution in [0.25, 0.3) is 0 Å². The molecule has 0 bridgehead atoms. The molecule has 3 atom stereocenters. The van der Waals surface area contributed by atoms with Crippen LogP contribution in [0.5, 0.6) is 0 Å². The van der Waals surface area contributed by atoms with E-state index >= 15 is 0 Å². The quantitative estimate of drug-likeness (QED) is 0.795. The molecule has 0 aromatic carbocycles. The summed E-state index contributed by atoms with van der Waals surface area (Å²) in [7, 11) is 0. The summed E-state index contributed by atoms with van der Waals surface area (Å²) >= 11 is 0. The second kappa shape index (κ2) is 7.97. The molecular weight excluding hydrogens is 250 g/mol. The van der Waals surface area contributed by atoms with E-state index in [0.717, 1.165) is 19.5 Å². The molecule has 1 saturated heterocycles. The predicted molar refractivity (Wildman–Crippen MR) is 77.9 cm³/mol. The number of carbonyl (C=O) groups is 1. The lowest BCUT2D eigenvalue weighted by Crippen LogP contribution is -2.42. The minimum Gasteiger partial charge on any atom is -0.352 e. The summed E-state index contributed by atoms with van der Waals surface area (Å²) in [5.74, 6) is 1.16. The second-order valence-corrected chi connectivity index (χ2v) is 5.74. The lowest BCUT2D eigenvalue weighted by molar-refractivity contribution is -0.122. The summed E-state index contributed by atoms with van der Waals surface area (Å²) in [6.45, 7) is 10.8. The highest BCUT2D eigenvalue weighted by molar-refractivity contribution is 5.85. The lowest BCUT2D eigenvalue weighted by atomic mass is 10.0. The first-order valence-electron chi connectivity index (χ1n) is 6.67. The third kappa shape index (κ3) is 5.55. The molecule has 1 rings (SSSR count). The van der Waals surface area contributed by atoms with Gasteiger partial charge in [-0.05, 0) is 38.6 Å². The summed E-state index contributed by atoms with van der Waals surface area (Å²) in [4.78, 5) is 14.0. The van der Waals surface area contributed by atoms with Crippen molar-refractivity contribution in [3.05, 3.63) is 0 Å². The van der Waals surface area contributed by atoms with Crippen molar-refractivity contribution in [1.29, 1.82) is 0 Å². The van der Waals surface area contributed by atoms with Gasteiger partial charge >= 0.3 is 0 Å². The summed E-state index contributed by atoms with van der Waals surface area (Å²) in [5.41, 5.74) is 5.88. The molecule has 0 radical (unpaired) electrons. The van der Waals surface area contributed by atoms with Crippen LogP contribution in [-0.4, -0.2) is 42.5 Å². The third-order valence-electron chi connectivity index (χ3n) is 3.81. The van der Waals surface area contributed by atoms with E-state index < -0.39 is 0 Å². The highest BCUT2D eigenvalue weighted by atomic mass is 35.5. The standard InChI is InChI=1S/C13H27N3O.ClH/c1-9(2)11(4)15-13(17)8-16-6-5-12(7-16)10(3)14;/h9-12H,5-8,14H2,1-4H3,(H,15,17);1H. The van der Waals surface area contributed by atoms with Gasteiger partial charge in [-0.3, -0.25) is 9.69 Å². The van der Waals surface area contributed by atoms with Gasteiger partial charge < -0.3 is 11.1 Å². The molecule has 1 aliphatic heterocycles. The van der Waals surface area contributed by atoms with Crippen LogP contribution in [0.1, 0.15) is 34.1 Å². The zero-order valence-electron chi connectivity index (χ0n) is 12.0. The molecule has 3 unspecified atom stereocenters. The zero-order valence-corrected chi connectivity index (χ0v) is 12.8. The van der Waals surface area contributed by atoms with Gasteiger partial charge in [0.05, 0.1) is 6.54 Å². The van der Waals surface area contributed by atoms with E-state index in [1.165, 1.54) is 0 Å². The maximum Gasteiger partial charge on any atom is 0.234 e. The maximum atomic E-state index is 11.8. The van der Waals surface area contributed by atoms with Gasteiger partial charge in [-0.25, -0.2) is 0 Å². The fraction of sp³-hybridized carbons (Fsp3) is 0.923. The van der Waals surface area contributed by atoms with Gasteiger partial charge in [0.2, 0.25) is 5.91 Å². The first kappa shape index (κ1) is 17.7. The Balaban J connectivity index is 0.00000289. The number of likely N-dealkylation sites (tertiary alicyclic amines) is 1. The summed E-state index contributed by atoms with van der Waals surface area (Å²) < 4.78 is 0. The largest absolute Gasteiger partial charge is 0.352 e. The van der Waals surface area contributed by atoms with Crippen molar-refractivity contribution in [2.75, 3.05) is 19.6 Å². The SMILES string of the molecule is CC(C)C(C)NC(=O)CN1CCC(C(C)N)C1.Cl. The van der Waals surface area contributed by atoms with Crippen molar-refractivity contribution in [3.8, 4) is 0 Å². The Labute approximate surface area is 117 Å². The van der Waals surface area contributed by atoms with Gasteiger partial charge in [-0.2, -0.15) is 0 Å². The van der Waals surface area contributed by atoms with Crippen LogP contribution >= 0.6 is 12.4 Å². The number of carbonyl (C=O) groups excluding carboxylic acids is 1. The van der Waals surface area contributed by atoms with E-state index in [2.05, 4.69) is 37.9 Å². The average Bonchev–Trinajstić information content (AvgIpc) is 2.65. The Morgan fingerprint density at radius 3 is 2.44 bits per heavy atom. The molecule has 1 fully saturated rings. The van der Waals surface area contributed by atoms with Crippen LogP contribution in [0.2, 0.25) is 0 Å². The van der Waals surface area contributed by atoms with Crippen LogP contribution in [0.4, 0.5) is 0 Å². The topological polar surface area (TPSA) is 58.4 Å². The third-order valence-corrected chi connectivity index (χ3v) is 3.81. The number of hydrogen-bond acceptors (Lipinski definition) is 3. The van der Waals surface area contributed by atoms with Crippen LogP contribution in [0.15, 0.2) is 0 Å². The monoisotopic (exact) mass is 277 g/mol. The van der Waals surface area contributed by atoms with Crippen molar-refractivity contribution < 1.29 is 4.79 Å². The number of nitrogens with one attached hydrogen (secondary N) is 1. The number of halogens is 1. The fourth-order valence-electron chi connectivity index (χ4n) is 2.10. The normalized spacial score (nSPS) is 23.6. The van der Waals surface area contributed by atoms with Gasteiger partial charge in [0.15, 0.2) is 0 Å². The van der Waals surface area contributed by atoms with Crippen molar-refractivity contribution in [2.45, 2.75) is 46.2 Å². The fourth-order valence-corrected chi connectivity index (χ4v) is 2.10. The molecule has 0 aromatic heterocycles. The van der Waals surface area contributed by atoms with Crippen LogP contribution in [0.3, 0.4) is 0 Å². The van der Waals surface area contributed by atoms with E-state index in [-0.39, 0.29) is 30.4 Å². The Kier molecular flexibility index (Phi) is 7.83. The molecular formula is C13H28ClN3O. The Bertz CT molecular complexity index is 259. The van der Waals surface area contributed by atoms with Crippen molar-refractivity contribution >= 4 is 18.3 Å². The van der Waals surface area contributed by atoms with E-state index in [1.807, 2.05) is 0 Å². The molecule has 108 valence electrons. The Hall–Kier alpha value is -0.320. The van der Waals surface area contributed by atoms with Gasteiger partial charge in [0.1, 0.15) is 0 Å². The summed E-state index contributed by atoms with van der Waals surface area (Å²) in [6, 6.07) is 0.479. The van der Waals surface area contributed by atoms with Crippen LogP contribution in [0, 0.1) is 11.8 Å². The summed E-state index contributed by atoms with van der Waals surface area (Å²) in [6.07, 6.45) is 1.12. The number of hydrogen-bond donors (Lipinski definition) is 2. The van der Waals surface area contributed by atoms with E-state index in [0.29, 0.717) is 18.4 Å². The molecule has 1 amide bonds. The van der Waals surface area contributed by atoms with Crippen molar-refractivity contribution in [1.82, 2.24) is 10.2 Å². The Morgan fingerprint density at radius 2 is 2.00 bits per heavy atom. The second-order valence-electron chi connectivity index (χ2n) is 5.74. The maximum absolute atomic E-state index is 11.8. The van der Waals surface area contributed by atoms with Gasteiger partial charge in [0.25, 0.3) is 0 Å². The molecule has 3 N–H and O–H groups in total.